The number of hydrogen-bond acceptors (Lipinski definition) is 10. The van der Waals surface area contributed by atoms with Crippen LogP contribution in [0.3, 0.4) is 0 Å². The predicted molar refractivity (Wildman–Crippen MR) is 168 cm³/mol. The smallest absolute Gasteiger partial charge is 0.255 e. The Kier molecular flexibility index (Phi) is 9.00. The summed E-state index contributed by atoms with van der Waals surface area (Å²) in [6.07, 6.45) is 3.19. The number of amides is 1. The van der Waals surface area contributed by atoms with Gasteiger partial charge in [0.05, 0.1) is 12.3 Å². The molecule has 226 valence electrons. The van der Waals surface area contributed by atoms with E-state index in [1.54, 1.807) is 16.9 Å². The number of rotatable bonds is 9. The fourth-order valence-corrected chi connectivity index (χ4v) is 4.83. The Morgan fingerprint density at radius 2 is 1.77 bits per heavy atom. The number of aliphatic hydroxyl groups excluding tert-OH is 1. The predicted octanol–water partition coefficient (Wildman–Crippen LogP) is 3.90. The zero-order valence-electron chi connectivity index (χ0n) is 25.4. The number of hydrazine groups is 1. The summed E-state index contributed by atoms with van der Waals surface area (Å²) in [6.45, 7) is 14.4. The van der Waals surface area contributed by atoms with Crippen LogP contribution in [0.2, 0.25) is 0 Å². The van der Waals surface area contributed by atoms with Gasteiger partial charge in [-0.3, -0.25) is 14.7 Å². The van der Waals surface area contributed by atoms with Gasteiger partial charge in [-0.05, 0) is 43.7 Å². The fraction of sp³-hybridized carbons (Fsp3) is 0.387. The number of β-amino-alcohol motifs (C(OH)–C–C–N with tert-alkyl or cyclic N) is 1. The topological polar surface area (TPSA) is 136 Å². The molecule has 1 aliphatic rings. The summed E-state index contributed by atoms with van der Waals surface area (Å²) in [6, 6.07) is 13.1. The quantitative estimate of drug-likeness (QED) is 0.229. The van der Waals surface area contributed by atoms with Crippen molar-refractivity contribution in [2.75, 3.05) is 55.4 Å². The molecule has 1 amide bonds. The highest BCUT2D eigenvalue weighted by atomic mass is 16.3. The normalized spacial score (nSPS) is 14.5. The van der Waals surface area contributed by atoms with Crippen molar-refractivity contribution >= 4 is 28.9 Å². The number of nitrogens with zero attached hydrogens (tertiary/aromatic N) is 7. The summed E-state index contributed by atoms with van der Waals surface area (Å²) in [7, 11) is 0. The van der Waals surface area contributed by atoms with E-state index < -0.39 is 0 Å². The molecule has 43 heavy (non-hydrogen) atoms. The minimum atomic E-state index is -0.195. The number of benzene rings is 1. The number of pyridine rings is 1. The van der Waals surface area contributed by atoms with Crippen molar-refractivity contribution in [2.45, 2.75) is 40.0 Å². The fourth-order valence-electron chi connectivity index (χ4n) is 4.83. The maximum absolute atomic E-state index is 13.1. The van der Waals surface area contributed by atoms with Crippen LogP contribution < -0.4 is 16.1 Å². The number of carbonyl (C=O) groups excluding carboxylic acids is 1. The van der Waals surface area contributed by atoms with Crippen LogP contribution in [-0.4, -0.2) is 85.0 Å². The third-order valence-corrected chi connectivity index (χ3v) is 7.31. The number of anilines is 4. The van der Waals surface area contributed by atoms with Crippen LogP contribution in [0.5, 0.6) is 0 Å². The van der Waals surface area contributed by atoms with Gasteiger partial charge in [0, 0.05) is 79.1 Å². The minimum absolute atomic E-state index is 0.158. The highest BCUT2D eigenvalue weighted by Crippen LogP contribution is 2.27. The SMILES string of the molecule is Cc1cc(Nc2cc(NC(=O)c3ccnc(C(C)(C)C)c3)ccc2C)n(-c2cc(NN3CCN(CCO)CC3)ncn2)n1. The molecular formula is C31H40N10O2. The zero-order chi connectivity index (χ0) is 30.6. The molecule has 0 radical (unpaired) electrons. The third kappa shape index (κ3) is 7.53. The summed E-state index contributed by atoms with van der Waals surface area (Å²) < 4.78 is 1.75. The second-order valence-corrected chi connectivity index (χ2v) is 11.8. The zero-order valence-corrected chi connectivity index (χ0v) is 25.4. The Morgan fingerprint density at radius 1 is 0.977 bits per heavy atom. The number of aryl methyl sites for hydroxylation is 2. The van der Waals surface area contributed by atoms with E-state index in [0.29, 0.717) is 29.4 Å². The lowest BCUT2D eigenvalue weighted by Crippen LogP contribution is -2.49. The molecule has 0 unspecified atom stereocenters. The number of piperazine rings is 1. The minimum Gasteiger partial charge on any atom is -0.395 e. The Morgan fingerprint density at radius 3 is 2.51 bits per heavy atom. The molecule has 4 heterocycles. The maximum atomic E-state index is 13.1. The molecule has 1 aliphatic heterocycles. The third-order valence-electron chi connectivity index (χ3n) is 7.31. The van der Waals surface area contributed by atoms with Crippen LogP contribution in [0.25, 0.3) is 5.82 Å². The summed E-state index contributed by atoms with van der Waals surface area (Å²) in [5.74, 6) is 1.82. The van der Waals surface area contributed by atoms with Crippen LogP contribution in [-0.2, 0) is 5.41 Å². The van der Waals surface area contributed by atoms with Crippen molar-refractivity contribution in [3.8, 4) is 5.82 Å². The number of aliphatic hydroxyl groups is 1. The molecule has 12 nitrogen and oxygen atoms in total. The molecule has 4 aromatic rings. The largest absolute Gasteiger partial charge is 0.395 e. The van der Waals surface area contributed by atoms with Crippen LogP contribution >= 0.6 is 0 Å². The molecule has 1 fully saturated rings. The first-order valence-electron chi connectivity index (χ1n) is 14.5. The summed E-state index contributed by atoms with van der Waals surface area (Å²) in [4.78, 5) is 28.7. The van der Waals surface area contributed by atoms with Crippen molar-refractivity contribution in [2.24, 2.45) is 0 Å². The van der Waals surface area contributed by atoms with Gasteiger partial charge in [0.2, 0.25) is 0 Å². The molecule has 5 rings (SSSR count). The van der Waals surface area contributed by atoms with E-state index in [4.69, 9.17) is 0 Å². The number of carbonyl (C=O) groups is 1. The number of aromatic nitrogens is 5. The van der Waals surface area contributed by atoms with E-state index in [1.165, 1.54) is 6.33 Å². The average molecular weight is 585 g/mol. The van der Waals surface area contributed by atoms with E-state index in [9.17, 15) is 9.90 Å². The monoisotopic (exact) mass is 584 g/mol. The highest BCUT2D eigenvalue weighted by Gasteiger charge is 2.19. The highest BCUT2D eigenvalue weighted by molar-refractivity contribution is 6.04. The van der Waals surface area contributed by atoms with Gasteiger partial charge in [0.15, 0.2) is 5.82 Å². The molecule has 0 spiro atoms. The lowest BCUT2D eigenvalue weighted by Gasteiger charge is -2.34. The maximum Gasteiger partial charge on any atom is 0.255 e. The van der Waals surface area contributed by atoms with E-state index in [1.807, 2.05) is 50.2 Å². The van der Waals surface area contributed by atoms with Crippen molar-refractivity contribution in [1.29, 1.82) is 0 Å². The van der Waals surface area contributed by atoms with Gasteiger partial charge in [-0.15, -0.1) is 0 Å². The Bertz CT molecular complexity index is 1570. The van der Waals surface area contributed by atoms with Gasteiger partial charge in [-0.25, -0.2) is 15.0 Å². The van der Waals surface area contributed by atoms with Crippen LogP contribution in [0.1, 0.15) is 48.1 Å². The molecule has 0 bridgehead atoms. The van der Waals surface area contributed by atoms with Crippen molar-refractivity contribution in [3.05, 3.63) is 77.5 Å². The Labute approximate surface area is 252 Å². The molecule has 12 heteroatoms. The first-order valence-corrected chi connectivity index (χ1v) is 14.5. The van der Waals surface area contributed by atoms with Gasteiger partial charge in [-0.1, -0.05) is 26.8 Å². The first kappa shape index (κ1) is 30.1. The molecule has 0 atom stereocenters. The second-order valence-electron chi connectivity index (χ2n) is 11.8. The van der Waals surface area contributed by atoms with E-state index in [2.05, 4.69) is 66.8 Å². The van der Waals surface area contributed by atoms with E-state index in [0.717, 1.165) is 54.6 Å². The first-order chi connectivity index (χ1) is 20.6. The summed E-state index contributed by atoms with van der Waals surface area (Å²) in [5, 5.41) is 22.5. The molecule has 0 saturated carbocycles. The van der Waals surface area contributed by atoms with E-state index >= 15 is 0 Å². The van der Waals surface area contributed by atoms with Gasteiger partial charge in [0.1, 0.15) is 18.0 Å². The van der Waals surface area contributed by atoms with Gasteiger partial charge in [0.25, 0.3) is 5.91 Å². The van der Waals surface area contributed by atoms with Crippen LogP contribution in [0, 0.1) is 13.8 Å². The lowest BCUT2D eigenvalue weighted by atomic mass is 9.91. The average Bonchev–Trinajstić information content (AvgIpc) is 3.35. The standard InChI is InChI=1S/C31H40N10O2/c1-21-6-7-24(35-30(43)23-8-9-32-26(17-23)31(3,4)5)18-25(21)36-29-16-22(2)37-41(29)28-19-27(33-20-34-28)38-40-12-10-39(11-13-40)14-15-42/h6-9,16-20,36,42H,10-15H2,1-5H3,(H,35,43)(H,33,34,38). The van der Waals surface area contributed by atoms with Gasteiger partial charge < -0.3 is 21.2 Å². The Hall–Kier alpha value is -4.39. The van der Waals surface area contributed by atoms with E-state index in [-0.39, 0.29) is 17.9 Å². The van der Waals surface area contributed by atoms with Crippen molar-refractivity contribution < 1.29 is 9.90 Å². The van der Waals surface area contributed by atoms with Crippen LogP contribution in [0.4, 0.5) is 23.0 Å². The molecular weight excluding hydrogens is 544 g/mol. The van der Waals surface area contributed by atoms with Crippen LogP contribution in [0.15, 0.2) is 55.0 Å². The summed E-state index contributed by atoms with van der Waals surface area (Å²) in [5.41, 5.74) is 7.97. The number of nitrogens with one attached hydrogen (secondary N) is 3. The van der Waals surface area contributed by atoms with Crippen molar-refractivity contribution in [1.82, 2.24) is 34.6 Å². The molecule has 0 aliphatic carbocycles. The lowest BCUT2D eigenvalue weighted by molar-refractivity contribution is 0.102. The van der Waals surface area contributed by atoms with Gasteiger partial charge in [-0.2, -0.15) is 9.78 Å². The molecule has 4 N–H and O–H groups in total. The molecule has 1 aromatic carbocycles. The molecule has 3 aromatic heterocycles. The number of hydrogen-bond donors (Lipinski definition) is 4. The second kappa shape index (κ2) is 12.9. The van der Waals surface area contributed by atoms with Gasteiger partial charge >= 0.3 is 0 Å². The summed E-state index contributed by atoms with van der Waals surface area (Å²) >= 11 is 0. The van der Waals surface area contributed by atoms with Crippen molar-refractivity contribution in [3.63, 3.8) is 0 Å². The molecule has 1 saturated heterocycles. The Balaban J connectivity index is 1.31.